The fraction of sp³-hybridized carbons (Fsp3) is 0.278. The first-order chi connectivity index (χ1) is 11.1. The van der Waals surface area contributed by atoms with Crippen LogP contribution < -0.4 is 5.32 Å². The molecule has 1 aliphatic heterocycles. The zero-order chi connectivity index (χ0) is 16.2. The van der Waals surface area contributed by atoms with Gasteiger partial charge in [0.25, 0.3) is 5.91 Å². The molecule has 1 N–H and O–H groups in total. The fourth-order valence-corrected chi connectivity index (χ4v) is 3.02. The normalized spacial score (nSPS) is 15.5. The van der Waals surface area contributed by atoms with Crippen LogP contribution in [0, 0.1) is 5.82 Å². The highest BCUT2D eigenvalue weighted by atomic mass is 35.5. The number of anilines is 1. The molecule has 0 saturated carbocycles. The molecule has 0 spiro atoms. The number of piperidine rings is 1. The standard InChI is InChI=1S/C18H18ClFN2O/c19-16-6-1-2-7-17(16)21-15-8-10-22(11-9-15)18(23)13-4-3-5-14(20)12-13/h1-7,12,15,21H,8-11H2. The summed E-state index contributed by atoms with van der Waals surface area (Å²) < 4.78 is 13.2. The number of hydrogen-bond acceptors (Lipinski definition) is 2. The summed E-state index contributed by atoms with van der Waals surface area (Å²) in [5.41, 5.74) is 1.33. The molecule has 5 heteroatoms. The Labute approximate surface area is 140 Å². The van der Waals surface area contributed by atoms with Crippen molar-refractivity contribution in [2.75, 3.05) is 18.4 Å². The SMILES string of the molecule is O=C(c1cccc(F)c1)N1CCC(Nc2ccccc2Cl)CC1. The van der Waals surface area contributed by atoms with Gasteiger partial charge in [0.1, 0.15) is 5.82 Å². The van der Waals surface area contributed by atoms with Crippen LogP contribution in [0.25, 0.3) is 0 Å². The third-order valence-corrected chi connectivity index (χ3v) is 4.42. The minimum atomic E-state index is -0.383. The number of carbonyl (C=O) groups is 1. The second-order valence-corrected chi connectivity index (χ2v) is 6.11. The second-order valence-electron chi connectivity index (χ2n) is 5.70. The van der Waals surface area contributed by atoms with Crippen molar-refractivity contribution < 1.29 is 9.18 Å². The molecule has 0 atom stereocenters. The summed E-state index contributed by atoms with van der Waals surface area (Å²) in [5, 5.41) is 4.13. The van der Waals surface area contributed by atoms with E-state index in [1.54, 1.807) is 17.0 Å². The van der Waals surface area contributed by atoms with Crippen LogP contribution in [0.2, 0.25) is 5.02 Å². The number of nitrogens with zero attached hydrogens (tertiary/aromatic N) is 1. The lowest BCUT2D eigenvalue weighted by Crippen LogP contribution is -2.42. The van der Waals surface area contributed by atoms with Crippen molar-refractivity contribution in [3.8, 4) is 0 Å². The van der Waals surface area contributed by atoms with Gasteiger partial charge in [0.05, 0.1) is 10.7 Å². The largest absolute Gasteiger partial charge is 0.381 e. The predicted molar refractivity (Wildman–Crippen MR) is 90.4 cm³/mol. The van der Waals surface area contributed by atoms with E-state index in [1.807, 2.05) is 24.3 Å². The molecule has 1 aliphatic rings. The van der Waals surface area contributed by atoms with E-state index in [0.717, 1.165) is 18.5 Å². The number of nitrogens with one attached hydrogen (secondary N) is 1. The molecule has 0 aliphatic carbocycles. The van der Waals surface area contributed by atoms with Gasteiger partial charge >= 0.3 is 0 Å². The molecule has 1 fully saturated rings. The van der Waals surface area contributed by atoms with E-state index in [-0.39, 0.29) is 17.8 Å². The summed E-state index contributed by atoms with van der Waals surface area (Å²) in [5.74, 6) is -0.494. The van der Waals surface area contributed by atoms with Gasteiger partial charge in [-0.1, -0.05) is 29.8 Å². The van der Waals surface area contributed by atoms with Gasteiger partial charge in [0.2, 0.25) is 0 Å². The average Bonchev–Trinajstić information content (AvgIpc) is 2.57. The molecular formula is C18H18ClFN2O. The Morgan fingerprint density at radius 2 is 1.87 bits per heavy atom. The monoisotopic (exact) mass is 332 g/mol. The molecule has 0 unspecified atom stereocenters. The number of halogens is 2. The van der Waals surface area contributed by atoms with Gasteiger partial charge in [-0.2, -0.15) is 0 Å². The Hall–Kier alpha value is -2.07. The Bertz CT molecular complexity index is 699. The van der Waals surface area contributed by atoms with Crippen molar-refractivity contribution >= 4 is 23.2 Å². The average molecular weight is 333 g/mol. The molecule has 2 aromatic carbocycles. The Morgan fingerprint density at radius 1 is 1.13 bits per heavy atom. The molecule has 0 bridgehead atoms. The van der Waals surface area contributed by atoms with E-state index >= 15 is 0 Å². The van der Waals surface area contributed by atoms with Gasteiger partial charge < -0.3 is 10.2 Å². The molecule has 120 valence electrons. The van der Waals surface area contributed by atoms with Crippen molar-refractivity contribution in [3.63, 3.8) is 0 Å². The summed E-state index contributed by atoms with van der Waals surface area (Å²) in [6.45, 7) is 1.30. The lowest BCUT2D eigenvalue weighted by Gasteiger charge is -2.33. The van der Waals surface area contributed by atoms with Crippen LogP contribution in [0.3, 0.4) is 0 Å². The summed E-state index contributed by atoms with van der Waals surface area (Å²) in [6, 6.07) is 13.8. The van der Waals surface area contributed by atoms with Gasteiger partial charge in [-0.15, -0.1) is 0 Å². The summed E-state index contributed by atoms with van der Waals surface area (Å²) >= 11 is 6.15. The molecule has 0 aromatic heterocycles. The number of para-hydroxylation sites is 1. The number of hydrogen-bond donors (Lipinski definition) is 1. The molecule has 1 amide bonds. The van der Waals surface area contributed by atoms with Crippen molar-refractivity contribution in [2.24, 2.45) is 0 Å². The van der Waals surface area contributed by atoms with Crippen LogP contribution in [0.1, 0.15) is 23.2 Å². The van der Waals surface area contributed by atoms with Crippen LogP contribution in [-0.2, 0) is 0 Å². The third-order valence-electron chi connectivity index (χ3n) is 4.09. The molecule has 3 rings (SSSR count). The van der Waals surface area contributed by atoms with E-state index in [9.17, 15) is 9.18 Å². The number of rotatable bonds is 3. The minimum Gasteiger partial charge on any atom is -0.381 e. The molecule has 23 heavy (non-hydrogen) atoms. The van der Waals surface area contributed by atoms with Crippen LogP contribution in [0.15, 0.2) is 48.5 Å². The van der Waals surface area contributed by atoms with Gasteiger partial charge in [-0.05, 0) is 43.2 Å². The maximum absolute atomic E-state index is 13.2. The van der Waals surface area contributed by atoms with Crippen LogP contribution in [0.5, 0.6) is 0 Å². The number of likely N-dealkylation sites (tertiary alicyclic amines) is 1. The van der Waals surface area contributed by atoms with E-state index in [2.05, 4.69) is 5.32 Å². The van der Waals surface area contributed by atoms with E-state index in [4.69, 9.17) is 11.6 Å². The van der Waals surface area contributed by atoms with E-state index < -0.39 is 0 Å². The fourth-order valence-electron chi connectivity index (χ4n) is 2.83. The zero-order valence-corrected chi connectivity index (χ0v) is 13.4. The van der Waals surface area contributed by atoms with Crippen molar-refractivity contribution in [1.29, 1.82) is 0 Å². The first kappa shape index (κ1) is 15.8. The lowest BCUT2D eigenvalue weighted by molar-refractivity contribution is 0.0718. The number of carbonyl (C=O) groups excluding carboxylic acids is 1. The first-order valence-electron chi connectivity index (χ1n) is 7.69. The minimum absolute atomic E-state index is 0.110. The van der Waals surface area contributed by atoms with Gasteiger partial charge in [0, 0.05) is 24.7 Å². The highest BCUT2D eigenvalue weighted by Gasteiger charge is 2.24. The molecule has 3 nitrogen and oxygen atoms in total. The van der Waals surface area contributed by atoms with Crippen molar-refractivity contribution in [1.82, 2.24) is 4.90 Å². The second kappa shape index (κ2) is 7.01. The molecule has 2 aromatic rings. The Kier molecular flexibility index (Phi) is 4.82. The van der Waals surface area contributed by atoms with Crippen molar-refractivity contribution in [2.45, 2.75) is 18.9 Å². The quantitative estimate of drug-likeness (QED) is 0.913. The van der Waals surface area contributed by atoms with Gasteiger partial charge in [-0.25, -0.2) is 4.39 Å². The van der Waals surface area contributed by atoms with E-state index in [0.29, 0.717) is 23.7 Å². The number of benzene rings is 2. The Balaban J connectivity index is 1.58. The maximum Gasteiger partial charge on any atom is 0.253 e. The highest BCUT2D eigenvalue weighted by molar-refractivity contribution is 6.33. The molecular weight excluding hydrogens is 315 g/mol. The summed E-state index contributed by atoms with van der Waals surface area (Å²) in [4.78, 5) is 14.2. The highest BCUT2D eigenvalue weighted by Crippen LogP contribution is 2.24. The van der Waals surface area contributed by atoms with Crippen LogP contribution in [0.4, 0.5) is 10.1 Å². The topological polar surface area (TPSA) is 32.3 Å². The molecule has 0 radical (unpaired) electrons. The van der Waals surface area contributed by atoms with Crippen molar-refractivity contribution in [3.05, 3.63) is 64.9 Å². The summed E-state index contributed by atoms with van der Waals surface area (Å²) in [6.07, 6.45) is 1.68. The third kappa shape index (κ3) is 3.82. The smallest absolute Gasteiger partial charge is 0.253 e. The number of amides is 1. The predicted octanol–water partition coefficient (Wildman–Crippen LogP) is 4.20. The summed E-state index contributed by atoms with van der Waals surface area (Å²) in [7, 11) is 0. The zero-order valence-electron chi connectivity index (χ0n) is 12.6. The first-order valence-corrected chi connectivity index (χ1v) is 8.07. The Morgan fingerprint density at radius 3 is 2.57 bits per heavy atom. The molecule has 1 heterocycles. The maximum atomic E-state index is 13.2. The van der Waals surface area contributed by atoms with Gasteiger partial charge in [0.15, 0.2) is 0 Å². The van der Waals surface area contributed by atoms with Crippen LogP contribution >= 0.6 is 11.6 Å². The van der Waals surface area contributed by atoms with Crippen LogP contribution in [-0.4, -0.2) is 29.9 Å². The molecule has 1 saturated heterocycles. The van der Waals surface area contributed by atoms with E-state index in [1.165, 1.54) is 12.1 Å². The lowest BCUT2D eigenvalue weighted by atomic mass is 10.0. The van der Waals surface area contributed by atoms with Gasteiger partial charge in [-0.3, -0.25) is 4.79 Å².